The van der Waals surface area contributed by atoms with Crippen molar-refractivity contribution in [1.29, 1.82) is 0 Å². The zero-order valence-corrected chi connectivity index (χ0v) is 11.1. The monoisotopic (exact) mass is 271 g/mol. The van der Waals surface area contributed by atoms with E-state index in [2.05, 4.69) is 20.6 Å². The van der Waals surface area contributed by atoms with Crippen LogP contribution in [-0.2, 0) is 7.05 Å². The van der Waals surface area contributed by atoms with Crippen LogP contribution in [0, 0.1) is 13.8 Å². The number of hydrogen-bond donors (Lipinski definition) is 1. The Hall–Kier alpha value is -1.47. The summed E-state index contributed by atoms with van der Waals surface area (Å²) in [6.45, 7) is 3.71. The second-order valence-corrected chi connectivity index (χ2v) is 5.04. The topological polar surface area (TPSA) is 72.7 Å². The third kappa shape index (κ3) is 2.29. The molecular formula is C9H10ClN5OS. The lowest BCUT2D eigenvalue weighted by atomic mass is 10.3. The fourth-order valence-electron chi connectivity index (χ4n) is 1.42. The molecule has 1 amide bonds. The lowest BCUT2D eigenvalue weighted by Gasteiger charge is -2.02. The summed E-state index contributed by atoms with van der Waals surface area (Å²) in [5.74, 6) is -0.325. The van der Waals surface area contributed by atoms with Gasteiger partial charge < -0.3 is 5.32 Å². The Bertz CT molecular complexity index is 576. The Morgan fingerprint density at radius 2 is 2.12 bits per heavy atom. The van der Waals surface area contributed by atoms with E-state index in [4.69, 9.17) is 11.6 Å². The van der Waals surface area contributed by atoms with Gasteiger partial charge >= 0.3 is 0 Å². The molecule has 8 heteroatoms. The van der Waals surface area contributed by atoms with Crippen molar-refractivity contribution in [2.24, 2.45) is 7.05 Å². The standard InChI is InChI=1S/C9H10ClN5OS/c1-4-6(5(2)15(3)14-4)11-7(16)8-12-13-9(10)17-8/h1-3H3,(H,11,16). The SMILES string of the molecule is Cc1nn(C)c(C)c1NC(=O)c1nnc(Cl)s1. The first-order valence-corrected chi connectivity index (χ1v) is 5.99. The normalized spacial score (nSPS) is 10.6. The van der Waals surface area contributed by atoms with Gasteiger partial charge in [-0.2, -0.15) is 5.10 Å². The fourth-order valence-corrected chi connectivity index (χ4v) is 2.14. The van der Waals surface area contributed by atoms with Gasteiger partial charge in [-0.1, -0.05) is 11.3 Å². The Labute approximate surface area is 107 Å². The second-order valence-electron chi connectivity index (χ2n) is 3.48. The number of aryl methyl sites for hydroxylation is 2. The van der Waals surface area contributed by atoms with E-state index in [1.165, 1.54) is 0 Å². The Morgan fingerprint density at radius 1 is 1.41 bits per heavy atom. The molecule has 6 nitrogen and oxygen atoms in total. The van der Waals surface area contributed by atoms with Crippen LogP contribution in [0.5, 0.6) is 0 Å². The summed E-state index contributed by atoms with van der Waals surface area (Å²) in [6, 6.07) is 0. The molecule has 0 aliphatic rings. The zero-order chi connectivity index (χ0) is 12.6. The molecule has 0 saturated carbocycles. The van der Waals surface area contributed by atoms with E-state index in [0.29, 0.717) is 5.69 Å². The number of anilines is 1. The summed E-state index contributed by atoms with van der Waals surface area (Å²) < 4.78 is 1.95. The molecular weight excluding hydrogens is 262 g/mol. The van der Waals surface area contributed by atoms with Crippen molar-refractivity contribution in [1.82, 2.24) is 20.0 Å². The van der Waals surface area contributed by atoms with E-state index in [0.717, 1.165) is 22.7 Å². The van der Waals surface area contributed by atoms with Crippen molar-refractivity contribution in [2.75, 3.05) is 5.32 Å². The van der Waals surface area contributed by atoms with Crippen molar-refractivity contribution in [3.05, 3.63) is 20.9 Å². The molecule has 0 fully saturated rings. The molecule has 0 atom stereocenters. The molecule has 1 N–H and O–H groups in total. The highest BCUT2D eigenvalue weighted by molar-refractivity contribution is 7.17. The lowest BCUT2D eigenvalue weighted by Crippen LogP contribution is -2.12. The van der Waals surface area contributed by atoms with Crippen molar-refractivity contribution < 1.29 is 4.79 Å². The van der Waals surface area contributed by atoms with E-state index in [1.54, 1.807) is 4.68 Å². The molecule has 2 heterocycles. The van der Waals surface area contributed by atoms with Gasteiger partial charge in [0.25, 0.3) is 5.91 Å². The molecule has 0 saturated heterocycles. The van der Waals surface area contributed by atoms with Crippen LogP contribution in [0.4, 0.5) is 5.69 Å². The van der Waals surface area contributed by atoms with Gasteiger partial charge in [0, 0.05) is 7.05 Å². The quantitative estimate of drug-likeness (QED) is 0.904. The Morgan fingerprint density at radius 3 is 2.59 bits per heavy atom. The largest absolute Gasteiger partial charge is 0.317 e. The highest BCUT2D eigenvalue weighted by Gasteiger charge is 2.16. The van der Waals surface area contributed by atoms with E-state index < -0.39 is 0 Å². The zero-order valence-electron chi connectivity index (χ0n) is 9.48. The molecule has 2 rings (SSSR count). The summed E-state index contributed by atoms with van der Waals surface area (Å²) in [5, 5.41) is 14.5. The van der Waals surface area contributed by atoms with Gasteiger partial charge in [0.05, 0.1) is 17.1 Å². The maximum atomic E-state index is 11.8. The minimum atomic E-state index is -0.325. The molecule has 0 bridgehead atoms. The van der Waals surface area contributed by atoms with E-state index in [9.17, 15) is 4.79 Å². The average molecular weight is 272 g/mol. The van der Waals surface area contributed by atoms with Crippen LogP contribution < -0.4 is 5.32 Å². The highest BCUT2D eigenvalue weighted by Crippen LogP contribution is 2.21. The minimum Gasteiger partial charge on any atom is -0.317 e. The van der Waals surface area contributed by atoms with Crippen molar-refractivity contribution in [3.8, 4) is 0 Å². The summed E-state index contributed by atoms with van der Waals surface area (Å²) in [7, 11) is 1.82. The maximum Gasteiger partial charge on any atom is 0.286 e. The van der Waals surface area contributed by atoms with Crippen LogP contribution in [0.25, 0.3) is 0 Å². The number of carbonyl (C=O) groups is 1. The number of rotatable bonds is 2. The smallest absolute Gasteiger partial charge is 0.286 e. The first kappa shape index (κ1) is 12.0. The highest BCUT2D eigenvalue weighted by atomic mass is 35.5. The van der Waals surface area contributed by atoms with Crippen molar-refractivity contribution in [3.63, 3.8) is 0 Å². The third-order valence-electron chi connectivity index (χ3n) is 2.34. The van der Waals surface area contributed by atoms with Gasteiger partial charge in [-0.15, -0.1) is 10.2 Å². The van der Waals surface area contributed by atoms with Crippen LogP contribution in [-0.4, -0.2) is 25.9 Å². The van der Waals surface area contributed by atoms with Crippen molar-refractivity contribution in [2.45, 2.75) is 13.8 Å². The van der Waals surface area contributed by atoms with Gasteiger partial charge in [-0.3, -0.25) is 9.48 Å². The maximum absolute atomic E-state index is 11.8. The van der Waals surface area contributed by atoms with E-state index >= 15 is 0 Å². The molecule has 0 radical (unpaired) electrons. The molecule has 0 aliphatic heterocycles. The molecule has 2 aromatic heterocycles. The molecule has 2 aromatic rings. The Kier molecular flexibility index (Phi) is 3.12. The number of nitrogens with one attached hydrogen (secondary N) is 1. The van der Waals surface area contributed by atoms with Crippen molar-refractivity contribution >= 4 is 34.5 Å². The van der Waals surface area contributed by atoms with E-state index in [-0.39, 0.29) is 15.4 Å². The number of halogens is 1. The first-order chi connectivity index (χ1) is 7.99. The minimum absolute atomic E-state index is 0.234. The fraction of sp³-hybridized carbons (Fsp3) is 0.333. The molecule has 90 valence electrons. The van der Waals surface area contributed by atoms with Crippen LogP contribution in [0.2, 0.25) is 4.47 Å². The lowest BCUT2D eigenvalue weighted by molar-refractivity contribution is 0.102. The number of nitrogens with zero attached hydrogens (tertiary/aromatic N) is 4. The van der Waals surface area contributed by atoms with Crippen LogP contribution in [0.3, 0.4) is 0 Å². The number of amides is 1. The van der Waals surface area contributed by atoms with Crippen LogP contribution >= 0.6 is 22.9 Å². The van der Waals surface area contributed by atoms with Crippen LogP contribution in [0.1, 0.15) is 21.2 Å². The van der Waals surface area contributed by atoms with Crippen LogP contribution in [0.15, 0.2) is 0 Å². The van der Waals surface area contributed by atoms with Gasteiger partial charge in [0.2, 0.25) is 9.47 Å². The molecule has 0 spiro atoms. The van der Waals surface area contributed by atoms with Gasteiger partial charge in [0.1, 0.15) is 0 Å². The number of hydrogen-bond acceptors (Lipinski definition) is 5. The average Bonchev–Trinajstić information content (AvgIpc) is 2.79. The molecule has 17 heavy (non-hydrogen) atoms. The third-order valence-corrected chi connectivity index (χ3v) is 3.36. The summed E-state index contributed by atoms with van der Waals surface area (Å²) in [4.78, 5) is 11.8. The van der Waals surface area contributed by atoms with E-state index in [1.807, 2.05) is 20.9 Å². The summed E-state index contributed by atoms with van der Waals surface area (Å²) in [5.41, 5.74) is 2.34. The number of aromatic nitrogens is 4. The summed E-state index contributed by atoms with van der Waals surface area (Å²) >= 11 is 6.66. The molecule has 0 unspecified atom stereocenters. The number of carbonyl (C=O) groups excluding carboxylic acids is 1. The first-order valence-electron chi connectivity index (χ1n) is 4.79. The van der Waals surface area contributed by atoms with Gasteiger partial charge in [0.15, 0.2) is 0 Å². The summed E-state index contributed by atoms with van der Waals surface area (Å²) in [6.07, 6.45) is 0. The predicted molar refractivity (Wildman–Crippen MR) is 65.6 cm³/mol. The second kappa shape index (κ2) is 4.42. The van der Waals surface area contributed by atoms with Gasteiger partial charge in [-0.05, 0) is 25.4 Å². The molecule has 0 aliphatic carbocycles. The predicted octanol–water partition coefficient (Wildman–Crippen LogP) is 1.79. The van der Waals surface area contributed by atoms with Gasteiger partial charge in [-0.25, -0.2) is 0 Å². The molecule has 0 aromatic carbocycles. The Balaban J connectivity index is 2.24.